The van der Waals surface area contributed by atoms with Crippen molar-refractivity contribution in [2.45, 2.75) is 45.8 Å². The van der Waals surface area contributed by atoms with Crippen LogP contribution >= 0.6 is 0 Å². The Labute approximate surface area is 110 Å². The first-order chi connectivity index (χ1) is 8.38. The van der Waals surface area contributed by atoms with E-state index in [0.29, 0.717) is 12.0 Å². The molecule has 5 heteroatoms. The van der Waals surface area contributed by atoms with Gasteiger partial charge in [0.1, 0.15) is 0 Å². The van der Waals surface area contributed by atoms with Crippen molar-refractivity contribution in [1.29, 1.82) is 0 Å². The highest BCUT2D eigenvalue weighted by Gasteiger charge is 2.35. The number of hydrogen-bond acceptors (Lipinski definition) is 4. The van der Waals surface area contributed by atoms with Crippen LogP contribution in [0.1, 0.15) is 33.4 Å². The Balaban J connectivity index is 2.07. The third kappa shape index (κ3) is 2.90. The first-order valence-electron chi connectivity index (χ1n) is 6.72. The maximum absolute atomic E-state index is 4.20. The number of nitrogens with one attached hydrogen (secondary N) is 1. The Morgan fingerprint density at radius 2 is 2.22 bits per heavy atom. The molecule has 0 radical (unpaired) electrons. The topological polar surface area (TPSA) is 46.0 Å². The largest absolute Gasteiger partial charge is 0.311 e. The Kier molecular flexibility index (Phi) is 3.73. The van der Waals surface area contributed by atoms with Gasteiger partial charge in [0.05, 0.1) is 5.69 Å². The molecule has 102 valence electrons. The molecule has 2 rings (SSSR count). The maximum Gasteiger partial charge on any atom is 0.0967 e. The van der Waals surface area contributed by atoms with Crippen LogP contribution in [0.15, 0.2) is 6.20 Å². The van der Waals surface area contributed by atoms with E-state index in [4.69, 9.17) is 0 Å². The highest BCUT2D eigenvalue weighted by Crippen LogP contribution is 2.22. The average molecular weight is 251 g/mol. The van der Waals surface area contributed by atoms with Crippen LogP contribution in [0.4, 0.5) is 0 Å². The molecule has 1 atom stereocenters. The van der Waals surface area contributed by atoms with Crippen LogP contribution in [0.3, 0.4) is 0 Å². The van der Waals surface area contributed by atoms with Crippen molar-refractivity contribution in [3.8, 4) is 0 Å². The zero-order valence-electron chi connectivity index (χ0n) is 12.1. The van der Waals surface area contributed by atoms with E-state index in [0.717, 1.165) is 25.3 Å². The third-order valence-electron chi connectivity index (χ3n) is 3.88. The Morgan fingerprint density at radius 3 is 2.78 bits per heavy atom. The van der Waals surface area contributed by atoms with E-state index in [9.17, 15) is 0 Å². The highest BCUT2D eigenvalue weighted by molar-refractivity contribution is 4.99. The lowest BCUT2D eigenvalue weighted by atomic mass is 9.93. The molecule has 0 saturated carbocycles. The molecule has 0 bridgehead atoms. The Bertz CT molecular complexity index is 396. The molecule has 0 aliphatic carbocycles. The smallest absolute Gasteiger partial charge is 0.0967 e. The molecule has 1 aliphatic heterocycles. The molecule has 1 unspecified atom stereocenters. The summed E-state index contributed by atoms with van der Waals surface area (Å²) in [5.41, 5.74) is 1.22. The van der Waals surface area contributed by atoms with E-state index >= 15 is 0 Å². The van der Waals surface area contributed by atoms with Crippen LogP contribution < -0.4 is 5.32 Å². The van der Waals surface area contributed by atoms with Crippen LogP contribution in [0.2, 0.25) is 0 Å². The van der Waals surface area contributed by atoms with Crippen molar-refractivity contribution >= 4 is 0 Å². The maximum atomic E-state index is 4.20. The normalized spacial score (nSPS) is 24.7. The van der Waals surface area contributed by atoms with Crippen molar-refractivity contribution in [2.75, 3.05) is 13.1 Å². The molecule has 1 aliphatic rings. The summed E-state index contributed by atoms with van der Waals surface area (Å²) < 4.78 is 1.77. The molecule has 1 aromatic rings. The standard InChI is InChI=1S/C13H25N5/c1-10(2)12-8-18(13(3,4)9-14-12)7-11-6-17(5)16-15-11/h6,10,12,14H,7-9H2,1-5H3. The van der Waals surface area contributed by atoms with Gasteiger partial charge in [-0.2, -0.15) is 0 Å². The van der Waals surface area contributed by atoms with Gasteiger partial charge in [-0.3, -0.25) is 9.58 Å². The van der Waals surface area contributed by atoms with Gasteiger partial charge in [-0.05, 0) is 19.8 Å². The quantitative estimate of drug-likeness (QED) is 0.871. The van der Waals surface area contributed by atoms with Crippen LogP contribution in [0, 0.1) is 5.92 Å². The molecular weight excluding hydrogens is 226 g/mol. The SMILES string of the molecule is CC(C)C1CN(Cc2cn(C)nn2)C(C)(C)CN1. The van der Waals surface area contributed by atoms with E-state index in [-0.39, 0.29) is 5.54 Å². The van der Waals surface area contributed by atoms with Crippen molar-refractivity contribution < 1.29 is 0 Å². The van der Waals surface area contributed by atoms with Crippen LogP contribution in [-0.2, 0) is 13.6 Å². The second-order valence-electron chi connectivity index (χ2n) is 6.31. The predicted octanol–water partition coefficient (Wildman–Crippen LogP) is 1.02. The lowest BCUT2D eigenvalue weighted by Crippen LogP contribution is -2.62. The molecular formula is C13H25N5. The molecule has 1 fully saturated rings. The summed E-state index contributed by atoms with van der Waals surface area (Å²) in [6.07, 6.45) is 2.00. The summed E-state index contributed by atoms with van der Waals surface area (Å²) in [4.78, 5) is 2.51. The minimum Gasteiger partial charge on any atom is -0.311 e. The zero-order valence-corrected chi connectivity index (χ0v) is 12.1. The van der Waals surface area contributed by atoms with Crippen LogP contribution in [-0.4, -0.2) is 44.6 Å². The molecule has 1 saturated heterocycles. The van der Waals surface area contributed by atoms with E-state index in [1.807, 2.05) is 13.2 Å². The fraction of sp³-hybridized carbons (Fsp3) is 0.846. The lowest BCUT2D eigenvalue weighted by molar-refractivity contribution is 0.0464. The van der Waals surface area contributed by atoms with E-state index in [1.165, 1.54) is 0 Å². The van der Waals surface area contributed by atoms with Crippen LogP contribution in [0.5, 0.6) is 0 Å². The van der Waals surface area contributed by atoms with Gasteiger partial charge in [0.15, 0.2) is 0 Å². The highest BCUT2D eigenvalue weighted by atomic mass is 15.4. The zero-order chi connectivity index (χ0) is 13.3. The summed E-state index contributed by atoms with van der Waals surface area (Å²) in [5, 5.41) is 11.9. The number of piperazine rings is 1. The lowest BCUT2D eigenvalue weighted by Gasteiger charge is -2.47. The number of aromatic nitrogens is 3. The van der Waals surface area contributed by atoms with Gasteiger partial charge in [0, 0.05) is 44.5 Å². The van der Waals surface area contributed by atoms with E-state index in [2.05, 4.69) is 48.2 Å². The molecule has 18 heavy (non-hydrogen) atoms. The molecule has 0 amide bonds. The second kappa shape index (κ2) is 4.97. The predicted molar refractivity (Wildman–Crippen MR) is 72.1 cm³/mol. The number of aryl methyl sites for hydroxylation is 1. The first kappa shape index (κ1) is 13.5. The van der Waals surface area contributed by atoms with Crippen LogP contribution in [0.25, 0.3) is 0 Å². The van der Waals surface area contributed by atoms with Gasteiger partial charge < -0.3 is 5.32 Å². The summed E-state index contributed by atoms with van der Waals surface area (Å²) in [6, 6.07) is 0.565. The molecule has 5 nitrogen and oxygen atoms in total. The number of rotatable bonds is 3. The third-order valence-corrected chi connectivity index (χ3v) is 3.88. The molecule has 1 N–H and O–H groups in total. The fourth-order valence-electron chi connectivity index (χ4n) is 2.43. The molecule has 0 aromatic carbocycles. The van der Waals surface area contributed by atoms with Gasteiger partial charge in [0.25, 0.3) is 0 Å². The van der Waals surface area contributed by atoms with Gasteiger partial charge in [-0.25, -0.2) is 0 Å². The van der Waals surface area contributed by atoms with Gasteiger partial charge in [-0.15, -0.1) is 5.10 Å². The van der Waals surface area contributed by atoms with E-state index in [1.54, 1.807) is 4.68 Å². The summed E-state index contributed by atoms with van der Waals surface area (Å²) in [7, 11) is 1.91. The number of nitrogens with zero attached hydrogens (tertiary/aromatic N) is 4. The van der Waals surface area contributed by atoms with Crippen molar-refractivity contribution in [3.05, 3.63) is 11.9 Å². The summed E-state index contributed by atoms with van der Waals surface area (Å²) in [6.45, 7) is 12.1. The summed E-state index contributed by atoms with van der Waals surface area (Å²) >= 11 is 0. The minimum absolute atomic E-state index is 0.170. The molecule has 1 aromatic heterocycles. The second-order valence-corrected chi connectivity index (χ2v) is 6.31. The Hall–Kier alpha value is -0.940. The summed E-state index contributed by atoms with van der Waals surface area (Å²) in [5.74, 6) is 0.658. The van der Waals surface area contributed by atoms with E-state index < -0.39 is 0 Å². The van der Waals surface area contributed by atoms with Crippen molar-refractivity contribution in [1.82, 2.24) is 25.2 Å². The average Bonchev–Trinajstić information content (AvgIpc) is 2.67. The number of hydrogen-bond donors (Lipinski definition) is 1. The minimum atomic E-state index is 0.170. The van der Waals surface area contributed by atoms with Gasteiger partial charge in [0.2, 0.25) is 0 Å². The molecule has 0 spiro atoms. The van der Waals surface area contributed by atoms with Crippen molar-refractivity contribution in [2.24, 2.45) is 13.0 Å². The Morgan fingerprint density at radius 1 is 1.50 bits per heavy atom. The molecule has 2 heterocycles. The monoisotopic (exact) mass is 251 g/mol. The first-order valence-corrected chi connectivity index (χ1v) is 6.72. The fourth-order valence-corrected chi connectivity index (χ4v) is 2.43. The van der Waals surface area contributed by atoms with Gasteiger partial charge in [-0.1, -0.05) is 19.1 Å². The van der Waals surface area contributed by atoms with Gasteiger partial charge >= 0.3 is 0 Å². The van der Waals surface area contributed by atoms with Crippen molar-refractivity contribution in [3.63, 3.8) is 0 Å².